The molecule has 0 radical (unpaired) electrons. The maximum atomic E-state index is 11.5. The van der Waals surface area contributed by atoms with E-state index in [1.165, 1.54) is 12.1 Å². The quantitative estimate of drug-likeness (QED) is 0.859. The first-order valence-electron chi connectivity index (χ1n) is 5.60. The van der Waals surface area contributed by atoms with Crippen molar-refractivity contribution in [1.82, 2.24) is 0 Å². The molecule has 5 nitrogen and oxygen atoms in total. The van der Waals surface area contributed by atoms with Gasteiger partial charge in [0.15, 0.2) is 6.61 Å². The zero-order chi connectivity index (χ0) is 14.4. The fourth-order valence-corrected chi connectivity index (χ4v) is 1.41. The molecule has 0 fully saturated rings. The van der Waals surface area contributed by atoms with Crippen molar-refractivity contribution in [3.63, 3.8) is 0 Å². The minimum atomic E-state index is -0.463. The first-order chi connectivity index (χ1) is 8.93. The van der Waals surface area contributed by atoms with Crippen LogP contribution < -0.4 is 5.32 Å². The summed E-state index contributed by atoms with van der Waals surface area (Å²) in [6, 6.07) is 6.42. The molecule has 0 aliphatic carbocycles. The van der Waals surface area contributed by atoms with E-state index in [2.05, 4.69) is 5.32 Å². The molecule has 100 valence electrons. The number of carbonyl (C=O) groups excluding carboxylic acids is 2. The predicted molar refractivity (Wildman–Crippen MR) is 70.6 cm³/mol. The van der Waals surface area contributed by atoms with E-state index in [-0.39, 0.29) is 17.5 Å². The number of nitriles is 1. The lowest BCUT2D eigenvalue weighted by Crippen LogP contribution is -2.22. The van der Waals surface area contributed by atoms with E-state index < -0.39 is 11.9 Å². The van der Waals surface area contributed by atoms with Gasteiger partial charge in [-0.2, -0.15) is 5.26 Å². The molecule has 0 spiro atoms. The molecule has 0 aliphatic heterocycles. The van der Waals surface area contributed by atoms with Gasteiger partial charge in [0.1, 0.15) is 6.07 Å². The summed E-state index contributed by atoms with van der Waals surface area (Å²) in [5, 5.41) is 11.5. The smallest absolute Gasteiger partial charge is 0.308 e. The average Bonchev–Trinajstić information content (AvgIpc) is 2.36. The molecule has 0 saturated carbocycles. The second kappa shape index (κ2) is 6.76. The van der Waals surface area contributed by atoms with Gasteiger partial charge in [-0.05, 0) is 18.2 Å². The van der Waals surface area contributed by atoms with E-state index in [0.717, 1.165) is 0 Å². The largest absolute Gasteiger partial charge is 0.455 e. The molecule has 1 N–H and O–H groups in total. The van der Waals surface area contributed by atoms with Crippen LogP contribution in [0.3, 0.4) is 0 Å². The standard InChI is InChI=1S/C13H13ClN2O3/c1-8(2)13(18)19-7-12(17)16-10-4-3-9(6-15)11(14)5-10/h3-5,8H,7H2,1-2H3,(H,16,17). The number of nitrogens with zero attached hydrogens (tertiary/aromatic N) is 1. The van der Waals surface area contributed by atoms with Crippen molar-refractivity contribution in [2.45, 2.75) is 13.8 Å². The fourth-order valence-electron chi connectivity index (χ4n) is 1.18. The van der Waals surface area contributed by atoms with Crippen LogP contribution in [-0.4, -0.2) is 18.5 Å². The molecule has 6 heteroatoms. The number of hydrogen-bond donors (Lipinski definition) is 1. The topological polar surface area (TPSA) is 79.2 Å². The first kappa shape index (κ1) is 15.0. The van der Waals surface area contributed by atoms with E-state index in [9.17, 15) is 9.59 Å². The highest BCUT2D eigenvalue weighted by Gasteiger charge is 2.11. The number of benzene rings is 1. The summed E-state index contributed by atoms with van der Waals surface area (Å²) in [6.45, 7) is 3.01. The highest BCUT2D eigenvalue weighted by atomic mass is 35.5. The Morgan fingerprint density at radius 2 is 2.16 bits per heavy atom. The van der Waals surface area contributed by atoms with Crippen LogP contribution in [0.4, 0.5) is 5.69 Å². The van der Waals surface area contributed by atoms with E-state index >= 15 is 0 Å². The third-order valence-corrected chi connectivity index (χ3v) is 2.50. The van der Waals surface area contributed by atoms with Crippen LogP contribution in [0.5, 0.6) is 0 Å². The molecule has 0 bridgehead atoms. The third-order valence-electron chi connectivity index (χ3n) is 2.19. The lowest BCUT2D eigenvalue weighted by molar-refractivity contribution is -0.150. The van der Waals surface area contributed by atoms with Gasteiger partial charge in [0.25, 0.3) is 5.91 Å². The number of halogens is 1. The number of carbonyl (C=O) groups is 2. The van der Waals surface area contributed by atoms with E-state index in [1.54, 1.807) is 19.9 Å². The number of rotatable bonds is 4. The van der Waals surface area contributed by atoms with Crippen molar-refractivity contribution in [3.8, 4) is 6.07 Å². The Morgan fingerprint density at radius 3 is 2.68 bits per heavy atom. The second-order valence-electron chi connectivity index (χ2n) is 4.12. The maximum absolute atomic E-state index is 11.5. The van der Waals surface area contributed by atoms with Crippen LogP contribution in [0.1, 0.15) is 19.4 Å². The van der Waals surface area contributed by atoms with Crippen LogP contribution in [0, 0.1) is 17.2 Å². The zero-order valence-electron chi connectivity index (χ0n) is 10.6. The molecule has 1 aromatic carbocycles. The number of anilines is 1. The molecule has 0 heterocycles. The summed E-state index contributed by atoms with van der Waals surface area (Å²) in [7, 11) is 0. The van der Waals surface area contributed by atoms with E-state index in [0.29, 0.717) is 11.3 Å². The summed E-state index contributed by atoms with van der Waals surface area (Å²) in [6.07, 6.45) is 0. The summed E-state index contributed by atoms with van der Waals surface area (Å²) < 4.78 is 4.78. The predicted octanol–water partition coefficient (Wildman–Crippen LogP) is 2.35. The molecule has 0 saturated heterocycles. The van der Waals surface area contributed by atoms with Gasteiger partial charge >= 0.3 is 5.97 Å². The van der Waals surface area contributed by atoms with E-state index in [1.807, 2.05) is 6.07 Å². The molecular formula is C13H13ClN2O3. The van der Waals surface area contributed by atoms with Crippen molar-refractivity contribution in [2.24, 2.45) is 5.92 Å². The Morgan fingerprint density at radius 1 is 1.47 bits per heavy atom. The van der Waals surface area contributed by atoms with Gasteiger partial charge < -0.3 is 10.1 Å². The average molecular weight is 281 g/mol. The number of esters is 1. The molecular weight excluding hydrogens is 268 g/mol. The maximum Gasteiger partial charge on any atom is 0.308 e. The van der Waals surface area contributed by atoms with Crippen molar-refractivity contribution >= 4 is 29.2 Å². The summed E-state index contributed by atoms with van der Waals surface area (Å²) in [5.74, 6) is -1.18. The molecule has 0 aromatic heterocycles. The summed E-state index contributed by atoms with van der Waals surface area (Å²) in [5.41, 5.74) is 0.764. The monoisotopic (exact) mass is 280 g/mol. The number of hydrogen-bond acceptors (Lipinski definition) is 4. The van der Waals surface area contributed by atoms with Gasteiger partial charge in [0.2, 0.25) is 0 Å². The Kier molecular flexibility index (Phi) is 5.34. The van der Waals surface area contributed by atoms with Gasteiger partial charge in [0.05, 0.1) is 16.5 Å². The normalized spacial score (nSPS) is 9.84. The Bertz CT molecular complexity index is 535. The molecule has 0 atom stereocenters. The molecule has 0 aliphatic rings. The van der Waals surface area contributed by atoms with Gasteiger partial charge in [-0.3, -0.25) is 9.59 Å². The molecule has 1 rings (SSSR count). The minimum Gasteiger partial charge on any atom is -0.455 e. The lowest BCUT2D eigenvalue weighted by atomic mass is 10.2. The second-order valence-corrected chi connectivity index (χ2v) is 4.52. The SMILES string of the molecule is CC(C)C(=O)OCC(=O)Nc1ccc(C#N)c(Cl)c1. The molecule has 1 amide bonds. The van der Waals surface area contributed by atoms with Gasteiger partial charge in [-0.15, -0.1) is 0 Å². The van der Waals surface area contributed by atoms with Crippen molar-refractivity contribution in [3.05, 3.63) is 28.8 Å². The van der Waals surface area contributed by atoms with Crippen LogP contribution in [0.15, 0.2) is 18.2 Å². The first-order valence-corrected chi connectivity index (χ1v) is 5.98. The van der Waals surface area contributed by atoms with Crippen molar-refractivity contribution < 1.29 is 14.3 Å². The molecule has 1 aromatic rings. The number of amides is 1. The van der Waals surface area contributed by atoms with Gasteiger partial charge in [-0.25, -0.2) is 0 Å². The Hall–Kier alpha value is -2.06. The zero-order valence-corrected chi connectivity index (χ0v) is 11.3. The summed E-state index contributed by atoms with van der Waals surface area (Å²) >= 11 is 5.82. The van der Waals surface area contributed by atoms with Crippen LogP contribution in [0.25, 0.3) is 0 Å². The van der Waals surface area contributed by atoms with Crippen LogP contribution in [0.2, 0.25) is 5.02 Å². The van der Waals surface area contributed by atoms with E-state index in [4.69, 9.17) is 21.6 Å². The lowest BCUT2D eigenvalue weighted by Gasteiger charge is -2.08. The van der Waals surface area contributed by atoms with Gasteiger partial charge in [-0.1, -0.05) is 25.4 Å². The highest BCUT2D eigenvalue weighted by Crippen LogP contribution is 2.20. The van der Waals surface area contributed by atoms with Crippen LogP contribution >= 0.6 is 11.6 Å². The van der Waals surface area contributed by atoms with Crippen molar-refractivity contribution in [1.29, 1.82) is 5.26 Å². The van der Waals surface area contributed by atoms with Gasteiger partial charge in [0, 0.05) is 5.69 Å². The molecule has 19 heavy (non-hydrogen) atoms. The summed E-state index contributed by atoms with van der Waals surface area (Å²) in [4.78, 5) is 22.7. The highest BCUT2D eigenvalue weighted by molar-refractivity contribution is 6.32. The number of ether oxygens (including phenoxy) is 1. The number of nitrogens with one attached hydrogen (secondary N) is 1. The minimum absolute atomic E-state index is 0.250. The third kappa shape index (κ3) is 4.60. The fraction of sp³-hybridized carbons (Fsp3) is 0.308. The Labute approximate surface area is 116 Å². The van der Waals surface area contributed by atoms with Crippen molar-refractivity contribution in [2.75, 3.05) is 11.9 Å². The Balaban J connectivity index is 2.56. The molecule has 0 unspecified atom stereocenters. The van der Waals surface area contributed by atoms with Crippen LogP contribution in [-0.2, 0) is 14.3 Å².